The van der Waals surface area contributed by atoms with Gasteiger partial charge in [0, 0.05) is 19.5 Å². The summed E-state index contributed by atoms with van der Waals surface area (Å²) >= 11 is 0. The fourth-order valence-electron chi connectivity index (χ4n) is 4.26. The van der Waals surface area contributed by atoms with E-state index in [4.69, 9.17) is 4.74 Å². The van der Waals surface area contributed by atoms with E-state index in [1.54, 1.807) is 4.90 Å². The molecule has 3 rings (SSSR count). The molecule has 0 fully saturated rings. The van der Waals surface area contributed by atoms with Gasteiger partial charge in [-0.15, -0.1) is 0 Å². The van der Waals surface area contributed by atoms with Crippen LogP contribution >= 0.6 is 0 Å². The Morgan fingerprint density at radius 1 is 0.895 bits per heavy atom. The summed E-state index contributed by atoms with van der Waals surface area (Å²) in [6, 6.07) is 25.1. The Balaban J connectivity index is 1.87. The molecule has 2 amide bonds. The molecule has 0 aromatic heterocycles. The molecule has 0 aliphatic heterocycles. The molecule has 0 aliphatic carbocycles. The van der Waals surface area contributed by atoms with Crippen LogP contribution in [-0.2, 0) is 28.0 Å². The number of aryl methyl sites for hydroxylation is 1. The molecule has 3 aromatic rings. The van der Waals surface area contributed by atoms with Gasteiger partial charge in [0.25, 0.3) is 5.91 Å². The van der Waals surface area contributed by atoms with Gasteiger partial charge < -0.3 is 15.0 Å². The van der Waals surface area contributed by atoms with Crippen LogP contribution < -0.4 is 10.1 Å². The normalized spacial score (nSPS) is 12.2. The zero-order chi connectivity index (χ0) is 27.7. The Labute approximate surface area is 228 Å². The second-order valence-electron chi connectivity index (χ2n) is 11.4. The molecular weight excluding hydrogens is 472 g/mol. The molecule has 1 N–H and O–H groups in total. The van der Waals surface area contributed by atoms with Gasteiger partial charge in [0.1, 0.15) is 11.8 Å². The van der Waals surface area contributed by atoms with Crippen molar-refractivity contribution in [3.63, 3.8) is 0 Å². The van der Waals surface area contributed by atoms with Crippen molar-refractivity contribution in [2.24, 2.45) is 5.92 Å². The predicted octanol–water partition coefficient (Wildman–Crippen LogP) is 6.08. The second-order valence-corrected chi connectivity index (χ2v) is 11.4. The third kappa shape index (κ3) is 8.76. The maximum atomic E-state index is 13.7. The highest BCUT2D eigenvalue weighted by molar-refractivity contribution is 5.88. The number of hydrogen-bond acceptors (Lipinski definition) is 3. The first-order valence-electron chi connectivity index (χ1n) is 13.4. The number of amides is 2. The first kappa shape index (κ1) is 29.0. The van der Waals surface area contributed by atoms with Crippen LogP contribution in [0.2, 0.25) is 0 Å². The highest BCUT2D eigenvalue weighted by Gasteiger charge is 2.30. The topological polar surface area (TPSA) is 58.6 Å². The molecule has 5 heteroatoms. The van der Waals surface area contributed by atoms with Crippen molar-refractivity contribution >= 4 is 11.8 Å². The van der Waals surface area contributed by atoms with Crippen LogP contribution in [0.25, 0.3) is 0 Å². The monoisotopic (exact) mass is 514 g/mol. The lowest BCUT2D eigenvalue weighted by atomic mass is 9.87. The van der Waals surface area contributed by atoms with Crippen LogP contribution in [0.4, 0.5) is 0 Å². The van der Waals surface area contributed by atoms with E-state index >= 15 is 0 Å². The second kappa shape index (κ2) is 13.3. The van der Waals surface area contributed by atoms with Gasteiger partial charge >= 0.3 is 0 Å². The van der Waals surface area contributed by atoms with Gasteiger partial charge in [0.2, 0.25) is 5.91 Å². The van der Waals surface area contributed by atoms with Crippen LogP contribution in [-0.4, -0.2) is 35.9 Å². The number of hydrogen-bond donors (Lipinski definition) is 1. The number of nitrogens with zero attached hydrogens (tertiary/aromatic N) is 1. The standard InChI is InChI=1S/C33H42N2O3/c1-24(2)21-34-32(37)30(20-26-12-8-7-9-13-26)35(22-27-14-10-11-25(3)19-27)31(36)23-38-29-17-15-28(16-18-29)33(4,5)6/h7-19,24,30H,20-23H2,1-6H3,(H,34,37)/t30-/m1/s1. The van der Waals surface area contributed by atoms with Crippen LogP contribution in [0, 0.1) is 12.8 Å². The van der Waals surface area contributed by atoms with Crippen molar-refractivity contribution < 1.29 is 14.3 Å². The van der Waals surface area contributed by atoms with Crippen molar-refractivity contribution in [3.05, 3.63) is 101 Å². The van der Waals surface area contributed by atoms with Crippen LogP contribution in [0.5, 0.6) is 5.75 Å². The maximum absolute atomic E-state index is 13.7. The molecule has 1 atom stereocenters. The van der Waals surface area contributed by atoms with E-state index < -0.39 is 6.04 Å². The van der Waals surface area contributed by atoms with E-state index in [2.05, 4.69) is 46.0 Å². The SMILES string of the molecule is Cc1cccc(CN(C(=O)COc2ccc(C(C)(C)C)cc2)[C@H](Cc2ccccc2)C(=O)NCC(C)C)c1. The molecule has 0 spiro atoms. The van der Waals surface area contributed by atoms with Crippen molar-refractivity contribution in [3.8, 4) is 5.75 Å². The Bertz CT molecular complexity index is 1180. The summed E-state index contributed by atoms with van der Waals surface area (Å²) in [6.45, 7) is 13.3. The summed E-state index contributed by atoms with van der Waals surface area (Å²) in [7, 11) is 0. The summed E-state index contributed by atoms with van der Waals surface area (Å²) < 4.78 is 5.93. The van der Waals surface area contributed by atoms with Gasteiger partial charge in [-0.25, -0.2) is 0 Å². The fraction of sp³-hybridized carbons (Fsp3) is 0.394. The lowest BCUT2D eigenvalue weighted by Gasteiger charge is -2.32. The number of benzene rings is 3. The molecule has 0 radical (unpaired) electrons. The summed E-state index contributed by atoms with van der Waals surface area (Å²) in [5, 5.41) is 3.06. The first-order valence-corrected chi connectivity index (χ1v) is 13.4. The minimum absolute atomic E-state index is 0.0347. The molecule has 202 valence electrons. The fourth-order valence-corrected chi connectivity index (χ4v) is 4.26. The molecule has 0 heterocycles. The Kier molecular flexibility index (Phi) is 10.1. The summed E-state index contributed by atoms with van der Waals surface area (Å²) in [6.07, 6.45) is 0.419. The van der Waals surface area contributed by atoms with Crippen LogP contribution in [0.15, 0.2) is 78.9 Å². The number of carbonyl (C=O) groups is 2. The quantitative estimate of drug-likeness (QED) is 0.337. The summed E-state index contributed by atoms with van der Waals surface area (Å²) in [5.74, 6) is 0.549. The largest absolute Gasteiger partial charge is 0.484 e. The third-order valence-electron chi connectivity index (χ3n) is 6.47. The maximum Gasteiger partial charge on any atom is 0.261 e. The lowest BCUT2D eigenvalue weighted by Crippen LogP contribution is -2.52. The van der Waals surface area contributed by atoms with E-state index in [0.717, 1.165) is 16.7 Å². The highest BCUT2D eigenvalue weighted by atomic mass is 16.5. The number of nitrogens with one attached hydrogen (secondary N) is 1. The third-order valence-corrected chi connectivity index (χ3v) is 6.47. The predicted molar refractivity (Wildman–Crippen MR) is 154 cm³/mol. The van der Waals surface area contributed by atoms with E-state index in [-0.39, 0.29) is 23.8 Å². The Hall–Kier alpha value is -3.60. The zero-order valence-corrected chi connectivity index (χ0v) is 23.7. The molecule has 5 nitrogen and oxygen atoms in total. The number of rotatable bonds is 11. The zero-order valence-electron chi connectivity index (χ0n) is 23.7. The van der Waals surface area contributed by atoms with Gasteiger partial charge in [0.15, 0.2) is 6.61 Å². The summed E-state index contributed by atoms with van der Waals surface area (Å²) in [5.41, 5.74) is 4.31. The minimum Gasteiger partial charge on any atom is -0.484 e. The summed E-state index contributed by atoms with van der Waals surface area (Å²) in [4.78, 5) is 28.9. The van der Waals surface area contributed by atoms with Gasteiger partial charge in [-0.1, -0.05) is 107 Å². The van der Waals surface area contributed by atoms with Crippen molar-refractivity contribution in [2.75, 3.05) is 13.2 Å². The lowest BCUT2D eigenvalue weighted by molar-refractivity contribution is -0.142. The van der Waals surface area contributed by atoms with E-state index in [1.807, 2.05) is 79.7 Å². The molecule has 0 unspecified atom stereocenters. The minimum atomic E-state index is -0.670. The van der Waals surface area contributed by atoms with Gasteiger partial charge in [-0.05, 0) is 47.1 Å². The Morgan fingerprint density at radius 2 is 1.55 bits per heavy atom. The molecule has 0 aliphatic rings. The average Bonchev–Trinajstić information content (AvgIpc) is 2.88. The van der Waals surface area contributed by atoms with E-state index in [9.17, 15) is 9.59 Å². The smallest absolute Gasteiger partial charge is 0.261 e. The van der Waals surface area contributed by atoms with E-state index in [0.29, 0.717) is 31.2 Å². The molecule has 3 aromatic carbocycles. The van der Waals surface area contributed by atoms with Crippen molar-refractivity contribution in [2.45, 2.75) is 66.0 Å². The molecule has 0 bridgehead atoms. The molecular formula is C33H42N2O3. The number of ether oxygens (including phenoxy) is 1. The first-order chi connectivity index (χ1) is 18.0. The van der Waals surface area contributed by atoms with Gasteiger partial charge in [-0.3, -0.25) is 9.59 Å². The van der Waals surface area contributed by atoms with Gasteiger partial charge in [0.05, 0.1) is 0 Å². The Morgan fingerprint density at radius 3 is 2.16 bits per heavy atom. The molecule has 38 heavy (non-hydrogen) atoms. The van der Waals surface area contributed by atoms with E-state index in [1.165, 1.54) is 5.56 Å². The molecule has 0 saturated heterocycles. The van der Waals surface area contributed by atoms with Crippen molar-refractivity contribution in [1.82, 2.24) is 10.2 Å². The average molecular weight is 515 g/mol. The van der Waals surface area contributed by atoms with Gasteiger partial charge in [-0.2, -0.15) is 0 Å². The van der Waals surface area contributed by atoms with Crippen LogP contribution in [0.1, 0.15) is 56.9 Å². The van der Waals surface area contributed by atoms with Crippen LogP contribution in [0.3, 0.4) is 0 Å². The molecule has 0 saturated carbocycles. The number of carbonyl (C=O) groups excluding carboxylic acids is 2. The highest BCUT2D eigenvalue weighted by Crippen LogP contribution is 2.24. The van der Waals surface area contributed by atoms with Crippen molar-refractivity contribution in [1.29, 1.82) is 0 Å².